The summed E-state index contributed by atoms with van der Waals surface area (Å²) in [5.41, 5.74) is 3.87. The van der Waals surface area contributed by atoms with E-state index in [0.717, 1.165) is 38.7 Å². The topological polar surface area (TPSA) is 86.9 Å². The molecule has 0 saturated heterocycles. The van der Waals surface area contributed by atoms with Gasteiger partial charge < -0.3 is 15.6 Å². The Balaban J connectivity index is 1.35. The largest absolute Gasteiger partial charge is 0.361 e. The molecule has 2 aromatic heterocycles. The normalized spacial score (nSPS) is 11.1. The van der Waals surface area contributed by atoms with Crippen LogP contribution in [0.3, 0.4) is 0 Å². The summed E-state index contributed by atoms with van der Waals surface area (Å²) in [6.45, 7) is 2.00. The average molecular weight is 427 g/mol. The molecule has 4 rings (SSSR count). The van der Waals surface area contributed by atoms with Gasteiger partial charge in [-0.15, -0.1) is 0 Å². The Hall–Kier alpha value is -2.90. The van der Waals surface area contributed by atoms with Crippen LogP contribution in [0.5, 0.6) is 0 Å². The summed E-state index contributed by atoms with van der Waals surface area (Å²) in [4.78, 5) is 31.1. The van der Waals surface area contributed by atoms with Gasteiger partial charge in [0.25, 0.3) is 0 Å². The number of benzene rings is 2. The second-order valence-corrected chi connectivity index (χ2v) is 8.25. The SMILES string of the molecule is CC(=O)Nc1nc2ccc(CC(=O)NCCc3c[nH]c4ccc(Cl)cc34)cc2s1. The zero-order valence-corrected chi connectivity index (χ0v) is 17.3. The van der Waals surface area contributed by atoms with Crippen molar-refractivity contribution in [3.8, 4) is 0 Å². The van der Waals surface area contributed by atoms with Crippen LogP contribution in [0.4, 0.5) is 5.13 Å². The molecular weight excluding hydrogens is 408 g/mol. The minimum absolute atomic E-state index is 0.0335. The van der Waals surface area contributed by atoms with E-state index in [1.54, 1.807) is 0 Å². The third-order valence-corrected chi connectivity index (χ3v) is 5.72. The van der Waals surface area contributed by atoms with Crippen LogP contribution in [0.2, 0.25) is 5.02 Å². The summed E-state index contributed by atoms with van der Waals surface area (Å²) in [6, 6.07) is 11.4. The molecule has 29 heavy (non-hydrogen) atoms. The number of nitrogens with one attached hydrogen (secondary N) is 3. The fourth-order valence-electron chi connectivity index (χ4n) is 3.22. The van der Waals surface area contributed by atoms with Crippen molar-refractivity contribution in [2.24, 2.45) is 0 Å². The lowest BCUT2D eigenvalue weighted by atomic mass is 10.1. The highest BCUT2D eigenvalue weighted by molar-refractivity contribution is 7.22. The molecule has 8 heteroatoms. The van der Waals surface area contributed by atoms with Gasteiger partial charge >= 0.3 is 0 Å². The van der Waals surface area contributed by atoms with Gasteiger partial charge in [-0.25, -0.2) is 4.98 Å². The van der Waals surface area contributed by atoms with Crippen molar-refractivity contribution in [2.75, 3.05) is 11.9 Å². The van der Waals surface area contributed by atoms with Gasteiger partial charge in [0, 0.05) is 35.6 Å². The molecule has 148 valence electrons. The van der Waals surface area contributed by atoms with E-state index < -0.39 is 0 Å². The number of H-pyrrole nitrogens is 1. The Morgan fingerprint density at radius 3 is 2.90 bits per heavy atom. The first-order chi connectivity index (χ1) is 14.0. The molecule has 0 aliphatic carbocycles. The van der Waals surface area contributed by atoms with Crippen LogP contribution < -0.4 is 10.6 Å². The van der Waals surface area contributed by atoms with Crippen molar-refractivity contribution < 1.29 is 9.59 Å². The first kappa shape index (κ1) is 19.4. The molecule has 0 atom stereocenters. The Morgan fingerprint density at radius 1 is 1.21 bits per heavy atom. The highest BCUT2D eigenvalue weighted by Gasteiger charge is 2.09. The first-order valence-corrected chi connectivity index (χ1v) is 10.4. The maximum atomic E-state index is 12.3. The van der Waals surface area contributed by atoms with Crippen LogP contribution in [0.1, 0.15) is 18.1 Å². The van der Waals surface area contributed by atoms with Gasteiger partial charge in [-0.1, -0.05) is 29.0 Å². The van der Waals surface area contributed by atoms with Gasteiger partial charge in [-0.3, -0.25) is 9.59 Å². The summed E-state index contributed by atoms with van der Waals surface area (Å²) in [6.07, 6.45) is 2.97. The smallest absolute Gasteiger partial charge is 0.224 e. The maximum absolute atomic E-state index is 12.3. The van der Waals surface area contributed by atoms with E-state index in [1.165, 1.54) is 18.3 Å². The molecular formula is C21H19ClN4O2S. The Morgan fingerprint density at radius 2 is 2.07 bits per heavy atom. The standard InChI is InChI=1S/C21H19ClN4O2S/c1-12(27)25-21-26-18-4-2-13(8-19(18)29-21)9-20(28)23-7-6-14-11-24-17-5-3-15(22)10-16(14)17/h2-5,8,10-11,24H,6-7,9H2,1H3,(H,23,28)(H,25,26,27). The number of anilines is 1. The van der Waals surface area contributed by atoms with Gasteiger partial charge in [0.1, 0.15) is 0 Å². The Labute approximate surface area is 176 Å². The first-order valence-electron chi connectivity index (χ1n) is 9.17. The fourth-order valence-corrected chi connectivity index (χ4v) is 4.37. The number of amides is 2. The van der Waals surface area contributed by atoms with Crippen LogP contribution in [0, 0.1) is 0 Å². The zero-order valence-electron chi connectivity index (χ0n) is 15.7. The molecule has 6 nitrogen and oxygen atoms in total. The molecule has 2 aromatic carbocycles. The number of fused-ring (bicyclic) bond motifs is 2. The van der Waals surface area contributed by atoms with Crippen LogP contribution >= 0.6 is 22.9 Å². The number of aromatic amines is 1. The Kier molecular flexibility index (Phi) is 5.51. The molecule has 0 unspecified atom stereocenters. The lowest BCUT2D eigenvalue weighted by molar-refractivity contribution is -0.120. The van der Waals surface area contributed by atoms with Crippen molar-refractivity contribution in [2.45, 2.75) is 19.8 Å². The molecule has 0 fully saturated rings. The minimum atomic E-state index is -0.152. The molecule has 0 saturated carbocycles. The van der Waals surface area contributed by atoms with Gasteiger partial charge in [0.2, 0.25) is 11.8 Å². The van der Waals surface area contributed by atoms with Gasteiger partial charge in [-0.05, 0) is 47.9 Å². The van der Waals surface area contributed by atoms with Gasteiger partial charge in [-0.2, -0.15) is 0 Å². The number of nitrogens with zero attached hydrogens (tertiary/aromatic N) is 1. The van der Waals surface area contributed by atoms with Crippen molar-refractivity contribution in [3.63, 3.8) is 0 Å². The van der Waals surface area contributed by atoms with E-state index in [1.807, 2.05) is 42.6 Å². The molecule has 0 radical (unpaired) electrons. The monoisotopic (exact) mass is 426 g/mol. The summed E-state index contributed by atoms with van der Waals surface area (Å²) in [7, 11) is 0. The van der Waals surface area contributed by atoms with Crippen molar-refractivity contribution in [1.29, 1.82) is 0 Å². The Bertz CT molecular complexity index is 1210. The summed E-state index contributed by atoms with van der Waals surface area (Å²) in [5, 5.41) is 8.00. The fraction of sp³-hybridized carbons (Fsp3) is 0.190. The van der Waals surface area contributed by atoms with E-state index in [-0.39, 0.29) is 11.8 Å². The van der Waals surface area contributed by atoms with Crippen LogP contribution in [0.25, 0.3) is 21.1 Å². The number of carbonyl (C=O) groups excluding carboxylic acids is 2. The van der Waals surface area contributed by atoms with Crippen LogP contribution in [-0.2, 0) is 22.4 Å². The van der Waals surface area contributed by atoms with Crippen LogP contribution in [0.15, 0.2) is 42.6 Å². The van der Waals surface area contributed by atoms with Crippen molar-refractivity contribution in [3.05, 3.63) is 58.7 Å². The summed E-state index contributed by atoms with van der Waals surface area (Å²) < 4.78 is 0.940. The number of thiazole rings is 1. The number of halogens is 1. The van der Waals surface area contributed by atoms with Crippen LogP contribution in [-0.4, -0.2) is 28.3 Å². The molecule has 4 aromatic rings. The highest BCUT2D eigenvalue weighted by Crippen LogP contribution is 2.27. The number of rotatable bonds is 6. The predicted octanol–water partition coefficient (Wildman–Crippen LogP) is 4.29. The molecule has 3 N–H and O–H groups in total. The number of hydrogen-bond acceptors (Lipinski definition) is 4. The van der Waals surface area contributed by atoms with E-state index in [4.69, 9.17) is 11.6 Å². The molecule has 0 aliphatic heterocycles. The number of aromatic nitrogens is 2. The highest BCUT2D eigenvalue weighted by atomic mass is 35.5. The van der Waals surface area contributed by atoms with Crippen molar-refractivity contribution >= 4 is 61.0 Å². The molecule has 2 heterocycles. The predicted molar refractivity (Wildman–Crippen MR) is 118 cm³/mol. The van der Waals surface area contributed by atoms with E-state index in [9.17, 15) is 9.59 Å². The quantitative estimate of drug-likeness (QED) is 0.429. The van der Waals surface area contributed by atoms with E-state index >= 15 is 0 Å². The second-order valence-electron chi connectivity index (χ2n) is 6.78. The summed E-state index contributed by atoms with van der Waals surface area (Å²) >= 11 is 7.48. The zero-order chi connectivity index (χ0) is 20.4. The third-order valence-electron chi connectivity index (χ3n) is 4.55. The van der Waals surface area contributed by atoms with E-state index in [2.05, 4.69) is 20.6 Å². The summed E-state index contributed by atoms with van der Waals surface area (Å²) in [5.74, 6) is -0.185. The number of carbonyl (C=O) groups is 2. The van der Waals surface area contributed by atoms with Crippen molar-refractivity contribution in [1.82, 2.24) is 15.3 Å². The van der Waals surface area contributed by atoms with E-state index in [0.29, 0.717) is 23.1 Å². The average Bonchev–Trinajstić information content (AvgIpc) is 3.24. The van der Waals surface area contributed by atoms with Gasteiger partial charge in [0.15, 0.2) is 5.13 Å². The maximum Gasteiger partial charge on any atom is 0.224 e. The molecule has 2 amide bonds. The van der Waals surface area contributed by atoms with Gasteiger partial charge in [0.05, 0.1) is 16.6 Å². The molecule has 0 spiro atoms. The third kappa shape index (κ3) is 4.58. The number of hydrogen-bond donors (Lipinski definition) is 3. The minimum Gasteiger partial charge on any atom is -0.361 e. The molecule has 0 aliphatic rings. The lowest BCUT2D eigenvalue weighted by Gasteiger charge is -2.05. The molecule has 0 bridgehead atoms. The second kappa shape index (κ2) is 8.23. The lowest BCUT2D eigenvalue weighted by Crippen LogP contribution is -2.27.